The number of pyridine rings is 1. The number of hydrogen-bond donors (Lipinski definition) is 1. The highest BCUT2D eigenvalue weighted by molar-refractivity contribution is 7.89. The third kappa shape index (κ3) is 3.96. The number of terminal acetylenes is 1. The molecule has 2 aromatic carbocycles. The number of hydrogen-bond acceptors (Lipinski definition) is 7. The van der Waals surface area contributed by atoms with Gasteiger partial charge < -0.3 is 14.6 Å². The van der Waals surface area contributed by atoms with Crippen molar-refractivity contribution in [3.05, 3.63) is 60.3 Å². The van der Waals surface area contributed by atoms with E-state index in [-0.39, 0.29) is 30.4 Å². The van der Waals surface area contributed by atoms with Gasteiger partial charge in [-0.3, -0.25) is 9.78 Å². The Bertz CT molecular complexity index is 1530. The normalized spacial score (nSPS) is 14.9. The van der Waals surface area contributed by atoms with E-state index in [9.17, 15) is 13.2 Å². The Balaban J connectivity index is 1.33. The van der Waals surface area contributed by atoms with Crippen molar-refractivity contribution in [2.75, 3.05) is 37.6 Å². The van der Waals surface area contributed by atoms with Gasteiger partial charge in [-0.2, -0.15) is 9.29 Å². The standard InChI is InChI=1S/C24H21N5O4S/c1-2-10-26-23(30)18-8-9-20-19(16-18)27-24(33-20)28-12-14-29(15-13-28)34(31,32)21-7-3-5-17-6-4-11-25-22(17)21/h1,3-9,11,16H,10,12-15H2,(H,26,30). The number of nitrogens with zero attached hydrogens (tertiary/aromatic N) is 4. The predicted molar refractivity (Wildman–Crippen MR) is 128 cm³/mol. The highest BCUT2D eigenvalue weighted by Gasteiger charge is 2.31. The van der Waals surface area contributed by atoms with Crippen LogP contribution in [0.15, 0.2) is 64.0 Å². The summed E-state index contributed by atoms with van der Waals surface area (Å²) >= 11 is 0. The van der Waals surface area contributed by atoms with Crippen LogP contribution in [0.1, 0.15) is 10.4 Å². The molecule has 34 heavy (non-hydrogen) atoms. The number of carbonyl (C=O) groups excluding carboxylic acids is 1. The Morgan fingerprint density at radius 1 is 1.12 bits per heavy atom. The number of benzene rings is 2. The number of rotatable bonds is 5. The molecule has 0 spiro atoms. The lowest BCUT2D eigenvalue weighted by Gasteiger charge is -2.33. The van der Waals surface area contributed by atoms with Crippen LogP contribution in [0.2, 0.25) is 0 Å². The molecule has 10 heteroatoms. The number of sulfonamides is 1. The van der Waals surface area contributed by atoms with Crippen molar-refractivity contribution in [3.8, 4) is 12.3 Å². The van der Waals surface area contributed by atoms with Crippen molar-refractivity contribution in [2.24, 2.45) is 0 Å². The molecule has 0 bridgehead atoms. The molecule has 5 rings (SSSR count). The number of anilines is 1. The molecular formula is C24H21N5O4S. The van der Waals surface area contributed by atoms with Crippen molar-refractivity contribution in [3.63, 3.8) is 0 Å². The number of amides is 1. The molecule has 0 saturated carbocycles. The van der Waals surface area contributed by atoms with Crippen LogP contribution in [0, 0.1) is 12.3 Å². The van der Waals surface area contributed by atoms with Gasteiger partial charge in [0.1, 0.15) is 10.4 Å². The maximum absolute atomic E-state index is 13.3. The number of carbonyl (C=O) groups is 1. The summed E-state index contributed by atoms with van der Waals surface area (Å²) in [6, 6.07) is 14.2. The largest absolute Gasteiger partial charge is 0.423 e. The number of fused-ring (bicyclic) bond motifs is 2. The van der Waals surface area contributed by atoms with Crippen LogP contribution >= 0.6 is 0 Å². The molecule has 0 aliphatic carbocycles. The first-order valence-electron chi connectivity index (χ1n) is 10.7. The van der Waals surface area contributed by atoms with Crippen molar-refractivity contribution >= 4 is 43.9 Å². The van der Waals surface area contributed by atoms with E-state index in [0.717, 1.165) is 5.39 Å². The second kappa shape index (κ2) is 8.78. The second-order valence-electron chi connectivity index (χ2n) is 7.79. The van der Waals surface area contributed by atoms with E-state index in [2.05, 4.69) is 21.2 Å². The molecule has 1 aliphatic rings. The van der Waals surface area contributed by atoms with Gasteiger partial charge in [-0.05, 0) is 30.3 Å². The van der Waals surface area contributed by atoms with Crippen LogP contribution in [-0.2, 0) is 10.0 Å². The van der Waals surface area contributed by atoms with Crippen LogP contribution in [0.3, 0.4) is 0 Å². The summed E-state index contributed by atoms with van der Waals surface area (Å²) < 4.78 is 34.0. The molecule has 1 fully saturated rings. The predicted octanol–water partition coefficient (Wildman–Crippen LogP) is 2.25. The van der Waals surface area contributed by atoms with E-state index in [0.29, 0.717) is 41.3 Å². The van der Waals surface area contributed by atoms with E-state index < -0.39 is 10.0 Å². The zero-order valence-electron chi connectivity index (χ0n) is 18.1. The maximum Gasteiger partial charge on any atom is 0.298 e. The lowest BCUT2D eigenvalue weighted by Crippen LogP contribution is -2.48. The van der Waals surface area contributed by atoms with Crippen LogP contribution in [-0.4, -0.2) is 61.3 Å². The van der Waals surface area contributed by atoms with E-state index in [1.165, 1.54) is 4.31 Å². The van der Waals surface area contributed by atoms with E-state index in [1.807, 2.05) is 17.0 Å². The summed E-state index contributed by atoms with van der Waals surface area (Å²) in [5.74, 6) is 2.08. The van der Waals surface area contributed by atoms with Gasteiger partial charge in [-0.15, -0.1) is 6.42 Å². The van der Waals surface area contributed by atoms with Gasteiger partial charge in [0.15, 0.2) is 5.58 Å². The highest BCUT2D eigenvalue weighted by Crippen LogP contribution is 2.27. The van der Waals surface area contributed by atoms with E-state index >= 15 is 0 Å². The fraction of sp³-hybridized carbons (Fsp3) is 0.208. The Labute approximate surface area is 196 Å². The van der Waals surface area contributed by atoms with Crippen LogP contribution in [0.25, 0.3) is 22.0 Å². The molecule has 1 saturated heterocycles. The molecule has 1 amide bonds. The average molecular weight is 476 g/mol. The Hall–Kier alpha value is -3.94. The fourth-order valence-electron chi connectivity index (χ4n) is 3.97. The lowest BCUT2D eigenvalue weighted by molar-refractivity contribution is 0.0959. The summed E-state index contributed by atoms with van der Waals surface area (Å²) in [4.78, 5) is 23.0. The molecule has 172 valence electrons. The van der Waals surface area contributed by atoms with Gasteiger partial charge in [-0.1, -0.05) is 24.1 Å². The molecule has 0 radical (unpaired) electrons. The quantitative estimate of drug-likeness (QED) is 0.441. The third-order valence-corrected chi connectivity index (χ3v) is 7.64. The number of para-hydroxylation sites is 1. The van der Waals surface area contributed by atoms with Crippen molar-refractivity contribution in [2.45, 2.75) is 4.90 Å². The smallest absolute Gasteiger partial charge is 0.298 e. The fourth-order valence-corrected chi connectivity index (χ4v) is 5.56. The molecule has 3 heterocycles. The molecular weight excluding hydrogens is 454 g/mol. The summed E-state index contributed by atoms with van der Waals surface area (Å²) in [7, 11) is -3.71. The summed E-state index contributed by atoms with van der Waals surface area (Å²) in [5.41, 5.74) is 1.98. The molecule has 9 nitrogen and oxygen atoms in total. The zero-order valence-corrected chi connectivity index (χ0v) is 19.0. The van der Waals surface area contributed by atoms with Gasteiger partial charge in [-0.25, -0.2) is 8.42 Å². The number of nitrogens with one attached hydrogen (secondary N) is 1. The molecule has 4 aromatic rings. The topological polar surface area (TPSA) is 109 Å². The number of aromatic nitrogens is 2. The first-order valence-corrected chi connectivity index (χ1v) is 12.1. The van der Waals surface area contributed by atoms with Gasteiger partial charge >= 0.3 is 0 Å². The van der Waals surface area contributed by atoms with Crippen LogP contribution < -0.4 is 10.2 Å². The van der Waals surface area contributed by atoms with Crippen molar-refractivity contribution < 1.29 is 17.6 Å². The van der Waals surface area contributed by atoms with Gasteiger partial charge in [0.05, 0.1) is 12.1 Å². The molecule has 1 aliphatic heterocycles. The van der Waals surface area contributed by atoms with Gasteiger partial charge in [0, 0.05) is 43.3 Å². The highest BCUT2D eigenvalue weighted by atomic mass is 32.2. The summed E-state index contributed by atoms with van der Waals surface area (Å²) in [5, 5.41) is 3.40. The Kier molecular flexibility index (Phi) is 5.65. The van der Waals surface area contributed by atoms with Gasteiger partial charge in [0.25, 0.3) is 11.9 Å². The molecule has 0 atom stereocenters. The molecule has 2 aromatic heterocycles. The first-order chi connectivity index (χ1) is 16.5. The summed E-state index contributed by atoms with van der Waals surface area (Å²) in [6.45, 7) is 1.54. The Morgan fingerprint density at radius 3 is 2.71 bits per heavy atom. The van der Waals surface area contributed by atoms with E-state index in [1.54, 1.807) is 42.6 Å². The average Bonchev–Trinajstić information content (AvgIpc) is 3.30. The van der Waals surface area contributed by atoms with Crippen LogP contribution in [0.4, 0.5) is 6.01 Å². The maximum atomic E-state index is 13.3. The minimum Gasteiger partial charge on any atom is -0.423 e. The SMILES string of the molecule is C#CCNC(=O)c1ccc2oc(N3CCN(S(=O)(=O)c4cccc5cccnc45)CC3)nc2c1. The first kappa shape index (κ1) is 21.9. The molecule has 1 N–H and O–H groups in total. The van der Waals surface area contributed by atoms with Crippen LogP contribution in [0.5, 0.6) is 0 Å². The number of piperazine rings is 1. The Morgan fingerprint density at radius 2 is 1.91 bits per heavy atom. The zero-order chi connectivity index (χ0) is 23.7. The number of oxazole rings is 1. The van der Waals surface area contributed by atoms with Crippen molar-refractivity contribution in [1.82, 2.24) is 19.6 Å². The minimum atomic E-state index is -3.71. The second-order valence-corrected chi connectivity index (χ2v) is 9.69. The third-order valence-electron chi connectivity index (χ3n) is 5.71. The van der Waals surface area contributed by atoms with Crippen molar-refractivity contribution in [1.29, 1.82) is 0 Å². The van der Waals surface area contributed by atoms with Gasteiger partial charge in [0.2, 0.25) is 10.0 Å². The monoisotopic (exact) mass is 475 g/mol. The lowest BCUT2D eigenvalue weighted by atomic mass is 10.2. The summed E-state index contributed by atoms with van der Waals surface area (Å²) in [6.07, 6.45) is 6.78. The van der Waals surface area contributed by atoms with E-state index in [4.69, 9.17) is 10.8 Å². The molecule has 0 unspecified atom stereocenters. The minimum absolute atomic E-state index is 0.142.